The van der Waals surface area contributed by atoms with Crippen LogP contribution in [0.5, 0.6) is 11.5 Å². The van der Waals surface area contributed by atoms with E-state index in [0.717, 1.165) is 10.0 Å². The summed E-state index contributed by atoms with van der Waals surface area (Å²) in [5.41, 5.74) is 6.76. The van der Waals surface area contributed by atoms with E-state index in [1.807, 2.05) is 13.0 Å². The van der Waals surface area contributed by atoms with Crippen LogP contribution in [0.15, 0.2) is 45.3 Å². The fourth-order valence-corrected chi connectivity index (χ4v) is 2.97. The van der Waals surface area contributed by atoms with Gasteiger partial charge in [0.25, 0.3) is 5.69 Å². The number of nitro benzene ring substituents is 1. The van der Waals surface area contributed by atoms with E-state index in [1.54, 1.807) is 18.2 Å². The third-order valence-electron chi connectivity index (χ3n) is 2.77. The molecule has 0 fully saturated rings. The largest absolute Gasteiger partial charge is 0.457 e. The van der Waals surface area contributed by atoms with Gasteiger partial charge in [-0.1, -0.05) is 37.9 Å². The van der Waals surface area contributed by atoms with Gasteiger partial charge in [0, 0.05) is 21.1 Å². The number of nitro groups is 1. The van der Waals surface area contributed by atoms with E-state index in [-0.39, 0.29) is 11.7 Å². The zero-order valence-electron chi connectivity index (χ0n) is 11.0. The number of ether oxygens (including phenoxy) is 1. The van der Waals surface area contributed by atoms with Crippen molar-refractivity contribution >= 4 is 37.5 Å². The van der Waals surface area contributed by atoms with Crippen LogP contribution in [0.25, 0.3) is 0 Å². The smallest absolute Gasteiger partial charge is 0.274 e. The first kappa shape index (κ1) is 15.9. The van der Waals surface area contributed by atoms with Crippen LogP contribution < -0.4 is 10.5 Å². The predicted octanol–water partition coefficient (Wildman–Crippen LogP) is 4.93. The molecular weight excluding hydrogens is 404 g/mol. The Labute approximate surface area is 138 Å². The van der Waals surface area contributed by atoms with E-state index >= 15 is 0 Å². The number of non-ortho nitro benzene ring substituents is 1. The monoisotopic (exact) mass is 414 g/mol. The molecule has 0 amide bonds. The van der Waals surface area contributed by atoms with Crippen molar-refractivity contribution in [2.75, 3.05) is 0 Å². The summed E-state index contributed by atoms with van der Waals surface area (Å²) in [7, 11) is 0. The Morgan fingerprint density at radius 1 is 1.19 bits per heavy atom. The lowest BCUT2D eigenvalue weighted by atomic mass is 10.1. The van der Waals surface area contributed by atoms with Gasteiger partial charge in [-0.2, -0.15) is 0 Å². The van der Waals surface area contributed by atoms with Crippen LogP contribution >= 0.6 is 31.9 Å². The summed E-state index contributed by atoms with van der Waals surface area (Å²) < 4.78 is 7.07. The van der Waals surface area contributed by atoms with Crippen molar-refractivity contribution in [2.24, 2.45) is 5.73 Å². The van der Waals surface area contributed by atoms with Gasteiger partial charge in [0.2, 0.25) is 0 Å². The quantitative estimate of drug-likeness (QED) is 0.567. The zero-order valence-corrected chi connectivity index (χ0v) is 14.2. The molecule has 5 nitrogen and oxygen atoms in total. The molecule has 0 unspecified atom stereocenters. The van der Waals surface area contributed by atoms with Gasteiger partial charge < -0.3 is 10.5 Å². The number of rotatable bonds is 4. The summed E-state index contributed by atoms with van der Waals surface area (Å²) in [5, 5.41) is 10.8. The predicted molar refractivity (Wildman–Crippen MR) is 87.6 cm³/mol. The minimum absolute atomic E-state index is 0.0364. The van der Waals surface area contributed by atoms with E-state index in [0.29, 0.717) is 16.0 Å². The molecule has 0 aliphatic rings. The molecule has 21 heavy (non-hydrogen) atoms. The number of nitrogens with two attached hydrogens (primary N) is 1. The standard InChI is InChI=1S/C14H12Br2N2O3/c1-8(17)13-3-2-11(7-14(13)16)21-12-5-9(15)4-10(6-12)18(19)20/h2-8H,17H2,1H3/t8-/m0/s1. The van der Waals surface area contributed by atoms with Gasteiger partial charge in [-0.3, -0.25) is 10.1 Å². The first-order chi connectivity index (χ1) is 9.86. The SMILES string of the molecule is C[C@H](N)c1ccc(Oc2cc(Br)cc([N+](=O)[O-])c2)cc1Br. The van der Waals surface area contributed by atoms with Crippen LogP contribution in [0, 0.1) is 10.1 Å². The number of nitrogens with zero attached hydrogens (tertiary/aromatic N) is 1. The van der Waals surface area contributed by atoms with Crippen LogP contribution in [0.1, 0.15) is 18.5 Å². The highest BCUT2D eigenvalue weighted by Gasteiger charge is 2.11. The molecule has 0 saturated heterocycles. The molecule has 0 heterocycles. The lowest BCUT2D eigenvalue weighted by molar-refractivity contribution is -0.385. The second-order valence-corrected chi connectivity index (χ2v) is 6.25. The summed E-state index contributed by atoms with van der Waals surface area (Å²) in [5.74, 6) is 0.954. The Balaban J connectivity index is 2.30. The maximum atomic E-state index is 10.8. The fourth-order valence-electron chi connectivity index (χ4n) is 1.79. The molecule has 2 N–H and O–H groups in total. The average molecular weight is 416 g/mol. The molecule has 0 spiro atoms. The first-order valence-electron chi connectivity index (χ1n) is 6.04. The molecule has 2 rings (SSSR count). The molecular formula is C14H12Br2N2O3. The summed E-state index contributed by atoms with van der Waals surface area (Å²) in [6.07, 6.45) is 0. The molecule has 110 valence electrons. The Kier molecular flexibility index (Phi) is 4.97. The Morgan fingerprint density at radius 2 is 1.90 bits per heavy atom. The van der Waals surface area contributed by atoms with Gasteiger partial charge in [0.15, 0.2) is 0 Å². The highest BCUT2D eigenvalue weighted by atomic mass is 79.9. The van der Waals surface area contributed by atoms with Gasteiger partial charge in [-0.05, 0) is 30.7 Å². The maximum Gasteiger partial charge on any atom is 0.274 e. The van der Waals surface area contributed by atoms with Crippen LogP contribution in [0.3, 0.4) is 0 Å². The van der Waals surface area contributed by atoms with E-state index < -0.39 is 4.92 Å². The highest BCUT2D eigenvalue weighted by Crippen LogP contribution is 2.32. The zero-order chi connectivity index (χ0) is 15.6. The summed E-state index contributed by atoms with van der Waals surface area (Å²) in [4.78, 5) is 10.4. The third-order valence-corrected chi connectivity index (χ3v) is 3.91. The van der Waals surface area contributed by atoms with E-state index in [1.165, 1.54) is 12.1 Å². The van der Waals surface area contributed by atoms with Gasteiger partial charge in [0.05, 0.1) is 11.0 Å². The number of hydrogen-bond donors (Lipinski definition) is 1. The van der Waals surface area contributed by atoms with Gasteiger partial charge in [0.1, 0.15) is 11.5 Å². The van der Waals surface area contributed by atoms with Crippen molar-refractivity contribution in [1.82, 2.24) is 0 Å². The van der Waals surface area contributed by atoms with E-state index in [4.69, 9.17) is 10.5 Å². The summed E-state index contributed by atoms with van der Waals surface area (Å²) in [6, 6.07) is 9.78. The number of hydrogen-bond acceptors (Lipinski definition) is 4. The van der Waals surface area contributed by atoms with Crippen LogP contribution in [0.2, 0.25) is 0 Å². The van der Waals surface area contributed by atoms with Crippen molar-refractivity contribution < 1.29 is 9.66 Å². The Hall–Kier alpha value is -1.44. The molecule has 0 saturated carbocycles. The van der Waals surface area contributed by atoms with Crippen molar-refractivity contribution in [2.45, 2.75) is 13.0 Å². The Bertz CT molecular complexity index is 690. The van der Waals surface area contributed by atoms with E-state index in [9.17, 15) is 10.1 Å². The molecule has 7 heteroatoms. The highest BCUT2D eigenvalue weighted by molar-refractivity contribution is 9.10. The first-order valence-corrected chi connectivity index (χ1v) is 7.63. The minimum Gasteiger partial charge on any atom is -0.457 e. The molecule has 0 radical (unpaired) electrons. The molecule has 2 aromatic carbocycles. The molecule has 0 aromatic heterocycles. The van der Waals surface area contributed by atoms with Crippen molar-refractivity contribution in [3.05, 3.63) is 61.0 Å². The third kappa shape index (κ3) is 4.03. The van der Waals surface area contributed by atoms with Crippen LogP contribution in [-0.2, 0) is 0 Å². The van der Waals surface area contributed by atoms with Crippen LogP contribution in [0.4, 0.5) is 5.69 Å². The Morgan fingerprint density at radius 3 is 2.48 bits per heavy atom. The van der Waals surface area contributed by atoms with Gasteiger partial charge in [-0.15, -0.1) is 0 Å². The fraction of sp³-hybridized carbons (Fsp3) is 0.143. The van der Waals surface area contributed by atoms with Crippen molar-refractivity contribution in [3.8, 4) is 11.5 Å². The minimum atomic E-state index is -0.466. The lowest BCUT2D eigenvalue weighted by Crippen LogP contribution is -2.05. The number of halogens is 2. The number of benzene rings is 2. The average Bonchev–Trinajstić information content (AvgIpc) is 2.37. The molecule has 2 aromatic rings. The lowest BCUT2D eigenvalue weighted by Gasteiger charge is -2.11. The molecule has 0 aliphatic carbocycles. The second-order valence-electron chi connectivity index (χ2n) is 4.48. The van der Waals surface area contributed by atoms with Gasteiger partial charge in [-0.25, -0.2) is 0 Å². The van der Waals surface area contributed by atoms with Crippen LogP contribution in [-0.4, -0.2) is 4.92 Å². The molecule has 0 aliphatic heterocycles. The van der Waals surface area contributed by atoms with E-state index in [2.05, 4.69) is 31.9 Å². The second kappa shape index (κ2) is 6.55. The topological polar surface area (TPSA) is 78.4 Å². The summed E-state index contributed by atoms with van der Waals surface area (Å²) in [6.45, 7) is 1.89. The normalized spacial score (nSPS) is 12.0. The molecule has 0 bridgehead atoms. The maximum absolute atomic E-state index is 10.8. The van der Waals surface area contributed by atoms with Gasteiger partial charge >= 0.3 is 0 Å². The molecule has 1 atom stereocenters. The van der Waals surface area contributed by atoms with Crippen molar-refractivity contribution in [1.29, 1.82) is 0 Å². The summed E-state index contributed by atoms with van der Waals surface area (Å²) >= 11 is 6.67. The van der Waals surface area contributed by atoms with Crippen molar-refractivity contribution in [3.63, 3.8) is 0 Å².